The smallest absolute Gasteiger partial charge is 0.0671 e. The van der Waals surface area contributed by atoms with Gasteiger partial charge >= 0.3 is 0 Å². The molecular formula is C26H52O. The average molecular weight is 381 g/mol. The fraction of sp³-hybridized carbons (Fsp3) is 0.923. The van der Waals surface area contributed by atoms with Gasteiger partial charge in [-0.1, -0.05) is 141 Å². The Hall–Kier alpha value is -0.300. The van der Waals surface area contributed by atoms with Crippen LogP contribution in [0, 0.1) is 0 Å². The van der Waals surface area contributed by atoms with Crippen molar-refractivity contribution < 1.29 is 4.74 Å². The standard InChI is InChI=1S/C26H52O/c1-4-5-6-7-8-9-10-11-12-13-14-15-16-17-18-19-20-21-22-23-24-27-25-26(2)3/h2,4-25H2,1,3H3. The van der Waals surface area contributed by atoms with E-state index in [2.05, 4.69) is 13.5 Å². The SMILES string of the molecule is C=C(C)COCCCCCCCCCCCCCCCCCCCCCC. The zero-order valence-electron chi connectivity index (χ0n) is 19.2. The lowest BCUT2D eigenvalue weighted by molar-refractivity contribution is 0.151. The van der Waals surface area contributed by atoms with Crippen LogP contribution in [-0.2, 0) is 4.74 Å². The third-order valence-corrected chi connectivity index (χ3v) is 5.49. The molecule has 0 bridgehead atoms. The molecule has 0 aromatic rings. The minimum Gasteiger partial charge on any atom is -0.377 e. The predicted octanol–water partition coefficient (Wildman–Crippen LogP) is 9.40. The molecule has 0 fully saturated rings. The maximum Gasteiger partial charge on any atom is 0.0671 e. The van der Waals surface area contributed by atoms with Gasteiger partial charge in [0.1, 0.15) is 0 Å². The maximum atomic E-state index is 5.53. The normalized spacial score (nSPS) is 11.2. The quantitative estimate of drug-likeness (QED) is 0.127. The summed E-state index contributed by atoms with van der Waals surface area (Å²) in [6.07, 6.45) is 28.7. The van der Waals surface area contributed by atoms with E-state index in [9.17, 15) is 0 Å². The van der Waals surface area contributed by atoms with E-state index in [4.69, 9.17) is 4.74 Å². The highest BCUT2D eigenvalue weighted by Crippen LogP contribution is 2.14. The van der Waals surface area contributed by atoms with Gasteiger partial charge in [0.05, 0.1) is 6.61 Å². The van der Waals surface area contributed by atoms with Gasteiger partial charge in [0, 0.05) is 6.61 Å². The van der Waals surface area contributed by atoms with Crippen molar-refractivity contribution in [3.05, 3.63) is 12.2 Å². The predicted molar refractivity (Wildman–Crippen MR) is 124 cm³/mol. The van der Waals surface area contributed by atoms with Crippen LogP contribution in [0.25, 0.3) is 0 Å². The topological polar surface area (TPSA) is 9.23 Å². The minimum absolute atomic E-state index is 0.735. The average Bonchev–Trinajstić information content (AvgIpc) is 2.65. The molecule has 0 saturated carbocycles. The van der Waals surface area contributed by atoms with Gasteiger partial charge in [-0.3, -0.25) is 0 Å². The lowest BCUT2D eigenvalue weighted by Gasteiger charge is -2.05. The molecule has 0 aromatic heterocycles. The van der Waals surface area contributed by atoms with Crippen LogP contribution >= 0.6 is 0 Å². The van der Waals surface area contributed by atoms with E-state index in [0.29, 0.717) is 0 Å². The second-order valence-corrected chi connectivity index (χ2v) is 8.73. The molecule has 1 nitrogen and oxygen atoms in total. The van der Waals surface area contributed by atoms with Crippen molar-refractivity contribution in [1.82, 2.24) is 0 Å². The Balaban J connectivity index is 2.98. The number of unbranched alkanes of at least 4 members (excludes halogenated alkanes) is 19. The minimum atomic E-state index is 0.735. The number of hydrogen-bond acceptors (Lipinski definition) is 1. The highest BCUT2D eigenvalue weighted by atomic mass is 16.5. The van der Waals surface area contributed by atoms with Crippen LogP contribution < -0.4 is 0 Å². The molecule has 0 atom stereocenters. The Bertz CT molecular complexity index is 284. The fourth-order valence-electron chi connectivity index (χ4n) is 3.71. The molecule has 0 aliphatic heterocycles. The third-order valence-electron chi connectivity index (χ3n) is 5.49. The number of rotatable bonds is 23. The molecule has 0 spiro atoms. The van der Waals surface area contributed by atoms with Gasteiger partial charge < -0.3 is 4.74 Å². The van der Waals surface area contributed by atoms with E-state index in [0.717, 1.165) is 18.8 Å². The molecule has 0 saturated heterocycles. The summed E-state index contributed by atoms with van der Waals surface area (Å²) in [5.74, 6) is 0. The lowest BCUT2D eigenvalue weighted by Crippen LogP contribution is -1.97. The van der Waals surface area contributed by atoms with Gasteiger partial charge in [0.25, 0.3) is 0 Å². The summed E-state index contributed by atoms with van der Waals surface area (Å²) < 4.78 is 5.53. The van der Waals surface area contributed by atoms with Crippen molar-refractivity contribution in [1.29, 1.82) is 0 Å². The molecule has 1 heteroatoms. The Morgan fingerprint density at radius 2 is 0.815 bits per heavy atom. The van der Waals surface area contributed by atoms with Crippen LogP contribution in [0.1, 0.15) is 142 Å². The Labute approximate surface area is 172 Å². The maximum absolute atomic E-state index is 5.53. The Morgan fingerprint density at radius 1 is 0.519 bits per heavy atom. The van der Waals surface area contributed by atoms with Crippen LogP contribution in [0.15, 0.2) is 12.2 Å². The fourth-order valence-corrected chi connectivity index (χ4v) is 3.71. The second kappa shape index (κ2) is 23.7. The number of hydrogen-bond donors (Lipinski definition) is 0. The molecule has 27 heavy (non-hydrogen) atoms. The van der Waals surface area contributed by atoms with Gasteiger partial charge in [-0.15, -0.1) is 0 Å². The van der Waals surface area contributed by atoms with Gasteiger partial charge in [-0.25, -0.2) is 0 Å². The van der Waals surface area contributed by atoms with Crippen LogP contribution in [0.4, 0.5) is 0 Å². The zero-order chi connectivity index (χ0) is 19.8. The van der Waals surface area contributed by atoms with E-state index < -0.39 is 0 Å². The molecule has 0 aromatic carbocycles. The van der Waals surface area contributed by atoms with Crippen molar-refractivity contribution in [2.45, 2.75) is 142 Å². The third kappa shape index (κ3) is 25.7. The molecule has 0 radical (unpaired) electrons. The Kier molecular flexibility index (Phi) is 23.5. The molecule has 0 unspecified atom stereocenters. The van der Waals surface area contributed by atoms with Crippen molar-refractivity contribution in [2.24, 2.45) is 0 Å². The Morgan fingerprint density at radius 3 is 1.11 bits per heavy atom. The van der Waals surface area contributed by atoms with Crippen LogP contribution in [0.2, 0.25) is 0 Å². The van der Waals surface area contributed by atoms with Gasteiger partial charge in [0.15, 0.2) is 0 Å². The largest absolute Gasteiger partial charge is 0.377 e. The monoisotopic (exact) mass is 380 g/mol. The first-order valence-electron chi connectivity index (χ1n) is 12.5. The second-order valence-electron chi connectivity index (χ2n) is 8.73. The molecule has 0 aliphatic rings. The van der Waals surface area contributed by atoms with E-state index in [1.54, 1.807) is 0 Å². The highest BCUT2D eigenvalue weighted by Gasteiger charge is 1.95. The molecule has 0 heterocycles. The van der Waals surface area contributed by atoms with Crippen molar-refractivity contribution in [3.8, 4) is 0 Å². The molecule has 0 rings (SSSR count). The molecule has 0 aliphatic carbocycles. The summed E-state index contributed by atoms with van der Waals surface area (Å²) >= 11 is 0. The van der Waals surface area contributed by atoms with Gasteiger partial charge in [-0.05, 0) is 13.3 Å². The van der Waals surface area contributed by atoms with Crippen LogP contribution in [-0.4, -0.2) is 13.2 Å². The first kappa shape index (κ1) is 26.7. The molecule has 162 valence electrons. The number of ether oxygens (including phenoxy) is 1. The molecular weight excluding hydrogens is 328 g/mol. The van der Waals surface area contributed by atoms with Crippen molar-refractivity contribution in [2.75, 3.05) is 13.2 Å². The summed E-state index contributed by atoms with van der Waals surface area (Å²) in [6, 6.07) is 0. The summed E-state index contributed by atoms with van der Waals surface area (Å²) in [5, 5.41) is 0. The lowest BCUT2D eigenvalue weighted by atomic mass is 10.0. The van der Waals surface area contributed by atoms with E-state index in [1.807, 2.05) is 6.92 Å². The highest BCUT2D eigenvalue weighted by molar-refractivity contribution is 4.87. The van der Waals surface area contributed by atoms with E-state index >= 15 is 0 Å². The van der Waals surface area contributed by atoms with Crippen LogP contribution in [0.5, 0.6) is 0 Å². The van der Waals surface area contributed by atoms with Gasteiger partial charge in [-0.2, -0.15) is 0 Å². The van der Waals surface area contributed by atoms with E-state index in [-0.39, 0.29) is 0 Å². The molecule has 0 amide bonds. The first-order chi connectivity index (χ1) is 13.3. The summed E-state index contributed by atoms with van der Waals surface area (Å²) in [5.41, 5.74) is 1.13. The zero-order valence-corrected chi connectivity index (χ0v) is 19.2. The van der Waals surface area contributed by atoms with Crippen molar-refractivity contribution >= 4 is 0 Å². The summed E-state index contributed by atoms with van der Waals surface area (Å²) in [4.78, 5) is 0. The van der Waals surface area contributed by atoms with Crippen molar-refractivity contribution in [3.63, 3.8) is 0 Å². The summed E-state index contributed by atoms with van der Waals surface area (Å²) in [6.45, 7) is 9.82. The van der Waals surface area contributed by atoms with E-state index in [1.165, 1.54) is 128 Å². The van der Waals surface area contributed by atoms with Gasteiger partial charge in [0.2, 0.25) is 0 Å². The summed E-state index contributed by atoms with van der Waals surface area (Å²) in [7, 11) is 0. The molecule has 0 N–H and O–H groups in total. The van der Waals surface area contributed by atoms with Crippen LogP contribution in [0.3, 0.4) is 0 Å². The first-order valence-corrected chi connectivity index (χ1v) is 12.5.